The van der Waals surface area contributed by atoms with Crippen molar-refractivity contribution in [3.8, 4) is 11.3 Å². The quantitative estimate of drug-likeness (QED) is 0.778. The second-order valence-corrected chi connectivity index (χ2v) is 10.1. The largest absolute Gasteiger partial charge is 0.352 e. The van der Waals surface area contributed by atoms with Crippen LogP contribution in [0.1, 0.15) is 38.5 Å². The molecular formula is C25H30N4O. The van der Waals surface area contributed by atoms with E-state index in [9.17, 15) is 4.79 Å². The number of anilines is 1. The second kappa shape index (κ2) is 7.07. The van der Waals surface area contributed by atoms with Crippen LogP contribution >= 0.6 is 0 Å². The van der Waals surface area contributed by atoms with E-state index in [1.807, 2.05) is 24.3 Å². The Morgan fingerprint density at radius 3 is 2.00 bits per heavy atom. The minimum atomic E-state index is -0.0198. The van der Waals surface area contributed by atoms with Gasteiger partial charge in [-0.1, -0.05) is 30.3 Å². The van der Waals surface area contributed by atoms with Gasteiger partial charge >= 0.3 is 0 Å². The molecule has 4 aliphatic carbocycles. The van der Waals surface area contributed by atoms with Gasteiger partial charge in [-0.3, -0.25) is 4.79 Å². The number of nitrogens with zero attached hydrogens (tertiary/aromatic N) is 4. The lowest BCUT2D eigenvalue weighted by Gasteiger charge is -2.57. The molecule has 30 heavy (non-hydrogen) atoms. The number of carbonyl (C=O) groups is 1. The van der Waals surface area contributed by atoms with E-state index in [1.54, 1.807) is 0 Å². The van der Waals surface area contributed by atoms with Crippen LogP contribution in [0.25, 0.3) is 11.3 Å². The molecule has 2 aromatic rings. The van der Waals surface area contributed by atoms with Gasteiger partial charge in [0.25, 0.3) is 0 Å². The summed E-state index contributed by atoms with van der Waals surface area (Å²) in [7, 11) is 0. The Hall–Kier alpha value is -2.43. The van der Waals surface area contributed by atoms with Gasteiger partial charge in [0.15, 0.2) is 5.82 Å². The lowest BCUT2D eigenvalue weighted by Crippen LogP contribution is -2.58. The number of hydrogen-bond acceptors (Lipinski definition) is 4. The van der Waals surface area contributed by atoms with Crippen LogP contribution in [-0.4, -0.2) is 47.2 Å². The van der Waals surface area contributed by atoms with Crippen molar-refractivity contribution in [1.29, 1.82) is 0 Å². The Labute approximate surface area is 178 Å². The van der Waals surface area contributed by atoms with E-state index in [0.29, 0.717) is 5.91 Å². The van der Waals surface area contributed by atoms with Gasteiger partial charge in [0.05, 0.1) is 11.1 Å². The molecule has 5 fully saturated rings. The summed E-state index contributed by atoms with van der Waals surface area (Å²) in [6, 6.07) is 14.3. The lowest BCUT2D eigenvalue weighted by atomic mass is 9.49. The maximum Gasteiger partial charge on any atom is 0.228 e. The molecule has 0 spiro atoms. The van der Waals surface area contributed by atoms with Crippen LogP contribution in [0.15, 0.2) is 42.5 Å². The molecule has 4 saturated carbocycles. The van der Waals surface area contributed by atoms with Gasteiger partial charge < -0.3 is 9.80 Å². The summed E-state index contributed by atoms with van der Waals surface area (Å²) < 4.78 is 0. The first kappa shape index (κ1) is 18.3. The normalized spacial score (nSPS) is 32.5. The van der Waals surface area contributed by atoms with Gasteiger partial charge in [-0.15, -0.1) is 10.2 Å². The first-order valence-corrected chi connectivity index (χ1v) is 11.6. The highest BCUT2D eigenvalue weighted by Gasteiger charge is 2.55. The van der Waals surface area contributed by atoms with Crippen molar-refractivity contribution in [2.24, 2.45) is 23.2 Å². The van der Waals surface area contributed by atoms with Crippen molar-refractivity contribution in [1.82, 2.24) is 15.1 Å². The molecular weight excluding hydrogens is 372 g/mol. The van der Waals surface area contributed by atoms with E-state index < -0.39 is 0 Å². The van der Waals surface area contributed by atoms with Crippen molar-refractivity contribution < 1.29 is 4.79 Å². The fraction of sp³-hybridized carbons (Fsp3) is 0.560. The summed E-state index contributed by atoms with van der Waals surface area (Å²) >= 11 is 0. The summed E-state index contributed by atoms with van der Waals surface area (Å²) in [6.45, 7) is 3.31. The van der Waals surface area contributed by atoms with Crippen LogP contribution in [0, 0.1) is 23.2 Å². The Kier molecular flexibility index (Phi) is 4.32. The Bertz CT molecular complexity index is 883. The predicted molar refractivity (Wildman–Crippen MR) is 117 cm³/mol. The van der Waals surface area contributed by atoms with Crippen molar-refractivity contribution in [2.45, 2.75) is 38.5 Å². The monoisotopic (exact) mass is 402 g/mol. The molecule has 1 aromatic heterocycles. The summed E-state index contributed by atoms with van der Waals surface area (Å²) in [6.07, 6.45) is 7.63. The zero-order chi connectivity index (χ0) is 20.1. The number of benzene rings is 1. The number of amides is 1. The van der Waals surface area contributed by atoms with Gasteiger partial charge in [0, 0.05) is 31.7 Å². The molecule has 1 amide bonds. The summed E-state index contributed by atoms with van der Waals surface area (Å²) in [4.78, 5) is 18.0. The molecule has 0 atom stereocenters. The van der Waals surface area contributed by atoms with Crippen molar-refractivity contribution in [3.63, 3.8) is 0 Å². The van der Waals surface area contributed by atoms with E-state index >= 15 is 0 Å². The van der Waals surface area contributed by atoms with Crippen molar-refractivity contribution >= 4 is 11.7 Å². The molecule has 156 valence electrons. The zero-order valence-corrected chi connectivity index (χ0v) is 17.5. The Morgan fingerprint density at radius 1 is 0.800 bits per heavy atom. The summed E-state index contributed by atoms with van der Waals surface area (Å²) in [5.41, 5.74) is 1.96. The zero-order valence-electron chi connectivity index (χ0n) is 17.5. The Morgan fingerprint density at radius 2 is 1.43 bits per heavy atom. The Balaban J connectivity index is 1.11. The number of rotatable bonds is 3. The molecule has 2 heterocycles. The van der Waals surface area contributed by atoms with Gasteiger partial charge in [-0.2, -0.15) is 0 Å². The number of aromatic nitrogens is 2. The second-order valence-electron chi connectivity index (χ2n) is 10.1. The summed E-state index contributed by atoms with van der Waals surface area (Å²) in [5.74, 6) is 3.84. The SMILES string of the molecule is O=C(N1CCN(c2ccc(-c3ccccc3)nn2)CC1)C12CC3CC(CC(C3)C1)C2. The van der Waals surface area contributed by atoms with Crippen LogP contribution < -0.4 is 4.90 Å². The highest BCUT2D eigenvalue weighted by atomic mass is 16.2. The van der Waals surface area contributed by atoms with Crippen LogP contribution in [-0.2, 0) is 4.79 Å². The first-order chi connectivity index (χ1) is 14.7. The predicted octanol–water partition coefficient (Wildman–Crippen LogP) is 4.01. The smallest absolute Gasteiger partial charge is 0.228 e. The molecule has 1 saturated heterocycles. The molecule has 5 aliphatic rings. The highest BCUT2D eigenvalue weighted by Crippen LogP contribution is 2.60. The van der Waals surface area contributed by atoms with Crippen LogP contribution in [0.5, 0.6) is 0 Å². The van der Waals surface area contributed by atoms with Crippen molar-refractivity contribution in [2.75, 3.05) is 31.1 Å². The molecule has 7 rings (SSSR count). The van der Waals surface area contributed by atoms with E-state index in [4.69, 9.17) is 0 Å². The highest BCUT2D eigenvalue weighted by molar-refractivity contribution is 5.83. The summed E-state index contributed by atoms with van der Waals surface area (Å²) in [5, 5.41) is 8.91. The van der Waals surface area contributed by atoms with E-state index in [0.717, 1.165) is 80.3 Å². The molecule has 0 N–H and O–H groups in total. The maximum absolute atomic E-state index is 13.6. The number of carbonyl (C=O) groups excluding carboxylic acids is 1. The van der Waals surface area contributed by atoms with Gasteiger partial charge in [-0.05, 0) is 68.4 Å². The fourth-order valence-electron chi connectivity index (χ4n) is 7.10. The third kappa shape index (κ3) is 3.10. The number of piperazine rings is 1. The van der Waals surface area contributed by atoms with Crippen LogP contribution in [0.2, 0.25) is 0 Å². The minimum absolute atomic E-state index is 0.0198. The van der Waals surface area contributed by atoms with E-state index in [2.05, 4.69) is 38.2 Å². The van der Waals surface area contributed by atoms with Crippen molar-refractivity contribution in [3.05, 3.63) is 42.5 Å². The molecule has 4 bridgehead atoms. The van der Waals surface area contributed by atoms with Crippen LogP contribution in [0.4, 0.5) is 5.82 Å². The van der Waals surface area contributed by atoms with Gasteiger partial charge in [0.2, 0.25) is 5.91 Å². The molecule has 1 aliphatic heterocycles. The molecule has 5 nitrogen and oxygen atoms in total. The van der Waals surface area contributed by atoms with Crippen LogP contribution in [0.3, 0.4) is 0 Å². The first-order valence-electron chi connectivity index (χ1n) is 11.6. The molecule has 5 heteroatoms. The van der Waals surface area contributed by atoms with E-state index in [-0.39, 0.29) is 5.41 Å². The molecule has 0 radical (unpaired) electrons. The number of hydrogen-bond donors (Lipinski definition) is 0. The van der Waals surface area contributed by atoms with Gasteiger partial charge in [0.1, 0.15) is 0 Å². The maximum atomic E-state index is 13.6. The lowest BCUT2D eigenvalue weighted by molar-refractivity contribution is -0.158. The fourth-order valence-corrected chi connectivity index (χ4v) is 7.10. The molecule has 0 unspecified atom stereocenters. The van der Waals surface area contributed by atoms with Gasteiger partial charge in [-0.25, -0.2) is 0 Å². The minimum Gasteiger partial charge on any atom is -0.352 e. The third-order valence-electron chi connectivity index (χ3n) is 8.10. The third-order valence-corrected chi connectivity index (χ3v) is 8.10. The topological polar surface area (TPSA) is 49.3 Å². The molecule has 1 aromatic carbocycles. The average molecular weight is 403 g/mol. The standard InChI is InChI=1S/C25H30N4O/c30-24(25-15-18-12-19(16-25)14-20(13-18)17-25)29-10-8-28(9-11-29)23-7-6-22(26-27-23)21-4-2-1-3-5-21/h1-7,18-20H,8-17H2. The van der Waals surface area contributed by atoms with E-state index in [1.165, 1.54) is 19.3 Å². The average Bonchev–Trinajstić information content (AvgIpc) is 2.79.